The van der Waals surface area contributed by atoms with Gasteiger partial charge in [0.2, 0.25) is 11.6 Å². The first-order valence-electron chi connectivity index (χ1n) is 21.3. The van der Waals surface area contributed by atoms with Gasteiger partial charge in [0.15, 0.2) is 0 Å². The van der Waals surface area contributed by atoms with Crippen LogP contribution < -0.4 is 20.1 Å². The maximum absolute atomic E-state index is 15.1. The van der Waals surface area contributed by atoms with Crippen molar-refractivity contribution in [2.45, 2.75) is 113 Å². The van der Waals surface area contributed by atoms with Crippen LogP contribution in [0.2, 0.25) is 0 Å². The second-order valence-corrected chi connectivity index (χ2v) is 18.2. The van der Waals surface area contributed by atoms with Gasteiger partial charge in [-0.25, -0.2) is 0 Å². The SMILES string of the molecule is COC1C=COC2(C)Oc3c(C)c(OC(=O)C(C)(C)C)c4c(c3C2=O)C(=O)C(Nc2ccc(C)cc2)=C(NC(=O)C(C)=CC=CC(C)C(O)C(C)C(O)C(C)C(OC(C)=O)C1C)C4=O. The zero-order chi connectivity index (χ0) is 47.7. The number of Topliss-reactive ketones (excluding diaryl/α,β-unsaturated/α-hetero) is 3. The number of ether oxygens (including phenoxy) is 5. The normalized spacial score (nSPS) is 28.0. The predicted molar refractivity (Wildman–Crippen MR) is 236 cm³/mol. The number of esters is 2. The van der Waals surface area contributed by atoms with Crippen molar-refractivity contribution in [3.05, 3.63) is 99.6 Å². The Morgan fingerprint density at radius 3 is 2.09 bits per heavy atom. The van der Waals surface area contributed by atoms with E-state index in [1.165, 1.54) is 53.2 Å². The first kappa shape index (κ1) is 49.1. The third-order valence-corrected chi connectivity index (χ3v) is 12.1. The maximum Gasteiger partial charge on any atom is 0.316 e. The number of hydrogen-bond donors (Lipinski definition) is 4. The van der Waals surface area contributed by atoms with E-state index in [2.05, 4.69) is 10.6 Å². The number of anilines is 1. The fourth-order valence-corrected chi connectivity index (χ4v) is 7.95. The first-order valence-corrected chi connectivity index (χ1v) is 21.3. The second-order valence-electron chi connectivity index (χ2n) is 18.2. The lowest BCUT2D eigenvalue weighted by Gasteiger charge is -2.38. The standard InChI is InChI=1S/C49H60N2O13/c1-23-17-19-31(20-18-23)50-36-37-41(56)34-33(40(36)55)35-44(29(7)43(34)63-47(59)48(9,10)11)64-49(12,45(35)57)61-22-21-32(60-13)26(4)42(62-30(8)52)28(6)39(54)27(5)38(53)24(2)15-14-16-25(3)46(58)51-37/h14-22,24,26-28,32,38-39,42,50,53-54H,1-13H3,(H,51,58). The number of ketones is 3. The molecule has 5 bridgehead atoms. The van der Waals surface area contributed by atoms with Crippen LogP contribution in [0.25, 0.3) is 0 Å². The largest absolute Gasteiger partial charge is 0.462 e. The van der Waals surface area contributed by atoms with Crippen LogP contribution in [-0.4, -0.2) is 82.7 Å². The van der Waals surface area contributed by atoms with E-state index in [4.69, 9.17) is 23.7 Å². The van der Waals surface area contributed by atoms with Crippen molar-refractivity contribution in [2.75, 3.05) is 12.4 Å². The Labute approximate surface area is 373 Å². The molecule has 0 fully saturated rings. The molecule has 4 aliphatic rings. The summed E-state index contributed by atoms with van der Waals surface area (Å²) in [5.74, 6) is -10.1. The van der Waals surface area contributed by atoms with Crippen molar-refractivity contribution in [1.82, 2.24) is 5.32 Å². The van der Waals surface area contributed by atoms with Gasteiger partial charge >= 0.3 is 17.7 Å². The molecule has 3 heterocycles. The molecule has 2 aromatic carbocycles. The molecule has 9 unspecified atom stereocenters. The van der Waals surface area contributed by atoms with Crippen molar-refractivity contribution in [3.63, 3.8) is 0 Å². The number of aryl methyl sites for hydroxylation is 1. The highest BCUT2D eigenvalue weighted by Crippen LogP contribution is 2.49. The summed E-state index contributed by atoms with van der Waals surface area (Å²) in [7, 11) is 1.42. The summed E-state index contributed by atoms with van der Waals surface area (Å²) in [6.45, 7) is 19.0. The molecule has 0 saturated carbocycles. The van der Waals surface area contributed by atoms with E-state index in [-0.39, 0.29) is 33.9 Å². The smallest absolute Gasteiger partial charge is 0.316 e. The van der Waals surface area contributed by atoms with E-state index in [9.17, 15) is 29.4 Å². The first-order chi connectivity index (χ1) is 29.8. The highest BCUT2D eigenvalue weighted by atomic mass is 16.7. The molecule has 0 aromatic heterocycles. The van der Waals surface area contributed by atoms with Gasteiger partial charge in [0.1, 0.15) is 29.0 Å². The lowest BCUT2D eigenvalue weighted by atomic mass is 9.78. The number of aliphatic hydroxyl groups is 2. The summed E-state index contributed by atoms with van der Waals surface area (Å²) < 4.78 is 29.8. The number of carbonyl (C=O) groups is 6. The fourth-order valence-electron chi connectivity index (χ4n) is 7.95. The van der Waals surface area contributed by atoms with Crippen LogP contribution in [0.15, 0.2) is 71.8 Å². The summed E-state index contributed by atoms with van der Waals surface area (Å²) in [5, 5.41) is 28.6. The van der Waals surface area contributed by atoms with Gasteiger partial charge in [-0.05, 0) is 59.8 Å². The number of hydrogen-bond acceptors (Lipinski definition) is 14. The molecule has 6 rings (SSSR count). The van der Waals surface area contributed by atoms with Crippen molar-refractivity contribution in [2.24, 2.45) is 29.1 Å². The zero-order valence-corrected chi connectivity index (χ0v) is 38.7. The lowest BCUT2D eigenvalue weighted by Crippen LogP contribution is -2.46. The van der Waals surface area contributed by atoms with Gasteiger partial charge in [-0.1, -0.05) is 63.6 Å². The number of nitrogens with one attached hydrogen (secondary N) is 2. The van der Waals surface area contributed by atoms with Gasteiger partial charge in [-0.3, -0.25) is 28.8 Å². The Morgan fingerprint density at radius 1 is 0.859 bits per heavy atom. The number of amides is 1. The van der Waals surface area contributed by atoms with Crippen molar-refractivity contribution in [1.29, 1.82) is 0 Å². The van der Waals surface area contributed by atoms with Gasteiger partial charge < -0.3 is 44.5 Å². The molecule has 15 nitrogen and oxygen atoms in total. The van der Waals surface area contributed by atoms with Gasteiger partial charge in [-0.2, -0.15) is 0 Å². The van der Waals surface area contributed by atoms with Crippen LogP contribution in [0.1, 0.15) is 111 Å². The van der Waals surface area contributed by atoms with Crippen LogP contribution in [0, 0.1) is 42.9 Å². The van der Waals surface area contributed by atoms with Gasteiger partial charge in [0, 0.05) is 61.5 Å². The minimum absolute atomic E-state index is 0.0372. The Kier molecular flexibility index (Phi) is 14.6. The van der Waals surface area contributed by atoms with E-state index in [1.807, 2.05) is 6.92 Å². The van der Waals surface area contributed by atoms with Crippen LogP contribution in [-0.2, 0) is 28.6 Å². The minimum atomic E-state index is -2.15. The number of fused-ring (bicyclic) bond motifs is 14. The third kappa shape index (κ3) is 9.76. The Bertz CT molecular complexity index is 2350. The average Bonchev–Trinajstić information content (AvgIpc) is 3.50. The molecular weight excluding hydrogens is 825 g/mol. The van der Waals surface area contributed by atoms with Crippen molar-refractivity contribution >= 4 is 40.9 Å². The van der Waals surface area contributed by atoms with Crippen LogP contribution >= 0.6 is 0 Å². The van der Waals surface area contributed by atoms with E-state index >= 15 is 9.59 Å². The number of rotatable bonds is 5. The molecule has 9 atom stereocenters. The Balaban J connectivity index is 1.76. The van der Waals surface area contributed by atoms with Crippen LogP contribution in [0.5, 0.6) is 11.5 Å². The molecule has 344 valence electrons. The number of benzene rings is 2. The highest BCUT2D eigenvalue weighted by Gasteiger charge is 2.53. The molecule has 1 aliphatic carbocycles. The number of methoxy groups -OCH3 is 1. The molecule has 1 amide bonds. The predicted octanol–water partition coefficient (Wildman–Crippen LogP) is 6.62. The van der Waals surface area contributed by atoms with Gasteiger partial charge in [0.25, 0.3) is 11.7 Å². The quantitative estimate of drug-likeness (QED) is 0.184. The summed E-state index contributed by atoms with van der Waals surface area (Å²) in [6, 6.07) is 6.89. The van der Waals surface area contributed by atoms with E-state index < -0.39 is 111 Å². The third-order valence-electron chi connectivity index (χ3n) is 12.1. The maximum atomic E-state index is 15.1. The fraction of sp³-hybridized carbons (Fsp3) is 0.469. The zero-order valence-electron chi connectivity index (χ0n) is 38.7. The molecule has 2 aromatic rings. The van der Waals surface area contributed by atoms with E-state index in [0.717, 1.165) is 5.56 Å². The van der Waals surface area contributed by atoms with Crippen molar-refractivity contribution in [3.8, 4) is 11.5 Å². The highest BCUT2D eigenvalue weighted by molar-refractivity contribution is 6.33. The van der Waals surface area contributed by atoms with Crippen LogP contribution in [0.4, 0.5) is 5.69 Å². The molecule has 0 spiro atoms. The topological polar surface area (TPSA) is 213 Å². The molecule has 0 saturated heterocycles. The summed E-state index contributed by atoms with van der Waals surface area (Å²) in [4.78, 5) is 84.8. The van der Waals surface area contributed by atoms with Crippen LogP contribution in [0.3, 0.4) is 0 Å². The van der Waals surface area contributed by atoms with E-state index in [1.54, 1.807) is 84.9 Å². The molecule has 3 aliphatic heterocycles. The molecule has 4 N–H and O–H groups in total. The average molecular weight is 885 g/mol. The Hall–Kier alpha value is -5.90. The Morgan fingerprint density at radius 2 is 1.50 bits per heavy atom. The number of aliphatic hydroxyl groups excluding tert-OH is 2. The molecular formula is C49H60N2O13. The minimum Gasteiger partial charge on any atom is -0.462 e. The molecule has 64 heavy (non-hydrogen) atoms. The molecule has 0 radical (unpaired) electrons. The summed E-state index contributed by atoms with van der Waals surface area (Å²) >= 11 is 0. The lowest BCUT2D eigenvalue weighted by molar-refractivity contribution is -0.160. The van der Waals surface area contributed by atoms with E-state index in [0.29, 0.717) is 5.69 Å². The van der Waals surface area contributed by atoms with Gasteiger partial charge in [-0.15, -0.1) is 0 Å². The molecule has 15 heteroatoms. The van der Waals surface area contributed by atoms with Gasteiger partial charge in [0.05, 0.1) is 46.7 Å². The second kappa shape index (κ2) is 19.1. The summed E-state index contributed by atoms with van der Waals surface area (Å²) in [5.41, 5.74) is -1.68. The number of carbonyl (C=O) groups excluding carboxylic acids is 6. The van der Waals surface area contributed by atoms with Crippen molar-refractivity contribution < 1.29 is 62.7 Å². The summed E-state index contributed by atoms with van der Waals surface area (Å²) in [6.07, 6.45) is 3.26. The monoisotopic (exact) mass is 884 g/mol. The number of allylic oxidation sites excluding steroid dienone is 4.